The molecule has 0 radical (unpaired) electrons. The van der Waals surface area contributed by atoms with Gasteiger partial charge in [0.15, 0.2) is 6.33 Å². The van der Waals surface area contributed by atoms with E-state index in [9.17, 15) is 0 Å². The Morgan fingerprint density at radius 3 is 2.29 bits per heavy atom. The number of halogens is 1. The van der Waals surface area contributed by atoms with E-state index in [0.29, 0.717) is 0 Å². The Morgan fingerprint density at radius 2 is 2.14 bits per heavy atom. The first-order valence-corrected chi connectivity index (χ1v) is 1.16. The number of tetrazole rings is 1. The fourth-order valence-electron chi connectivity index (χ4n) is 0.129. The monoisotopic (exact) mass is 123 g/mol. The van der Waals surface area contributed by atoms with Gasteiger partial charge in [0, 0.05) is 0 Å². The summed E-state index contributed by atoms with van der Waals surface area (Å²) < 4.78 is 0. The average Bonchev–Trinajstić information content (AvgIpc) is 1.76. The van der Waals surface area contributed by atoms with E-state index in [1.807, 2.05) is 0 Å². The van der Waals surface area contributed by atoms with Gasteiger partial charge in [0.05, 0.1) is 0 Å². The van der Waals surface area contributed by atoms with Crippen LogP contribution in [0.25, 0.3) is 0 Å². The van der Waals surface area contributed by atoms with Crippen LogP contribution < -0.4 is 6.15 Å². The van der Waals surface area contributed by atoms with Crippen LogP contribution in [-0.2, 0) is 0 Å². The van der Waals surface area contributed by atoms with Crippen LogP contribution in [0.5, 0.6) is 0 Å². The third-order valence-corrected chi connectivity index (χ3v) is 0.270. The molecule has 0 atom stereocenters. The van der Waals surface area contributed by atoms with E-state index in [1.165, 1.54) is 6.33 Å². The van der Waals surface area contributed by atoms with Gasteiger partial charge in [-0.2, -0.15) is 5.21 Å². The molecule has 0 aliphatic heterocycles. The largest absolute Gasteiger partial charge is 0.344 e. The molecule has 6 heteroatoms. The minimum absolute atomic E-state index is 0. The zero-order chi connectivity index (χ0) is 3.54. The molecule has 0 saturated heterocycles. The van der Waals surface area contributed by atoms with Crippen molar-refractivity contribution in [2.24, 2.45) is 0 Å². The Morgan fingerprint density at radius 1 is 1.43 bits per heavy atom. The first-order chi connectivity index (χ1) is 2.50. The summed E-state index contributed by atoms with van der Waals surface area (Å²) in [7, 11) is 0. The van der Waals surface area contributed by atoms with Crippen LogP contribution in [0.2, 0.25) is 0 Å². The van der Waals surface area contributed by atoms with Crippen LogP contribution in [0.4, 0.5) is 0 Å². The normalized spacial score (nSPS) is 5.71. The van der Waals surface area contributed by atoms with Gasteiger partial charge in [-0.25, -0.2) is 0 Å². The van der Waals surface area contributed by atoms with Crippen molar-refractivity contribution in [1.29, 1.82) is 0 Å². The molecule has 4 N–H and O–H groups in total. The first-order valence-electron chi connectivity index (χ1n) is 1.16. The predicted octanol–water partition coefficient (Wildman–Crippen LogP) is -0.217. The van der Waals surface area contributed by atoms with Crippen LogP contribution in [0, 0.1) is 0 Å². The zero-order valence-corrected chi connectivity index (χ0v) is 4.35. The molecular weight excluding hydrogens is 117 g/mol. The second kappa shape index (κ2) is 5.32. The third-order valence-electron chi connectivity index (χ3n) is 0.270. The van der Waals surface area contributed by atoms with Crippen LogP contribution in [0.15, 0.2) is 6.33 Å². The van der Waals surface area contributed by atoms with E-state index >= 15 is 0 Å². The summed E-state index contributed by atoms with van der Waals surface area (Å²) in [6, 6.07) is 0. The number of hydrogen-bond acceptors (Lipinski definition) is 4. The third kappa shape index (κ3) is 3.14. The van der Waals surface area contributed by atoms with Crippen molar-refractivity contribution < 1.29 is 0 Å². The summed E-state index contributed by atoms with van der Waals surface area (Å²) >= 11 is 0. The topological polar surface area (TPSA) is 89.5 Å². The van der Waals surface area contributed by atoms with Gasteiger partial charge in [-0.1, -0.05) is 5.21 Å². The molecule has 0 aliphatic carbocycles. The highest BCUT2D eigenvalue weighted by Gasteiger charge is 1.58. The molecular formula is CH6ClN5. The molecule has 0 aromatic carbocycles. The van der Waals surface area contributed by atoms with Crippen LogP contribution >= 0.6 is 12.4 Å². The summed E-state index contributed by atoms with van der Waals surface area (Å²) in [4.78, 5) is 0. The summed E-state index contributed by atoms with van der Waals surface area (Å²) in [6.07, 6.45) is 1.33. The predicted molar refractivity (Wildman–Crippen MR) is 26.4 cm³/mol. The molecule has 1 heterocycles. The fourth-order valence-corrected chi connectivity index (χ4v) is 0.129. The van der Waals surface area contributed by atoms with Gasteiger partial charge in [0.2, 0.25) is 0 Å². The average molecular weight is 124 g/mol. The standard InChI is InChI=1S/CH2N4.ClH.H3N/c1-2-4-5-3-1;;/h1H,(H,2,3,4,5);1H;1H3. The highest BCUT2D eigenvalue weighted by Crippen LogP contribution is 1.43. The highest BCUT2D eigenvalue weighted by molar-refractivity contribution is 5.85. The molecule has 0 aliphatic rings. The Hall–Kier alpha value is -0.680. The van der Waals surface area contributed by atoms with Crippen LogP contribution in [0.1, 0.15) is 0 Å². The van der Waals surface area contributed by atoms with E-state index < -0.39 is 0 Å². The second-order valence-electron chi connectivity index (χ2n) is 0.560. The Balaban J connectivity index is 0. The van der Waals surface area contributed by atoms with E-state index in [2.05, 4.69) is 20.6 Å². The van der Waals surface area contributed by atoms with Crippen molar-refractivity contribution in [2.45, 2.75) is 0 Å². The number of aromatic amines is 1. The summed E-state index contributed by atoms with van der Waals surface area (Å²) in [5.74, 6) is 0. The quantitative estimate of drug-likeness (QED) is 0.499. The maximum Gasteiger partial charge on any atom is 0.161 e. The minimum Gasteiger partial charge on any atom is -0.344 e. The lowest BCUT2D eigenvalue weighted by Crippen LogP contribution is -1.64. The van der Waals surface area contributed by atoms with Crippen molar-refractivity contribution >= 4 is 12.4 Å². The van der Waals surface area contributed by atoms with Gasteiger partial charge in [-0.15, -0.1) is 22.6 Å². The lowest BCUT2D eigenvalue weighted by Gasteiger charge is -1.44. The molecule has 1 rings (SSSR count). The molecule has 0 spiro atoms. The minimum atomic E-state index is 0. The van der Waals surface area contributed by atoms with Gasteiger partial charge in [0.25, 0.3) is 0 Å². The van der Waals surface area contributed by atoms with Crippen molar-refractivity contribution in [3.05, 3.63) is 6.33 Å². The van der Waals surface area contributed by atoms with Gasteiger partial charge in [-0.3, -0.25) is 0 Å². The molecule has 0 fully saturated rings. The maximum absolute atomic E-state index is 3.38. The Bertz CT molecular complexity index is 64.6. The van der Waals surface area contributed by atoms with E-state index in [1.54, 1.807) is 0 Å². The van der Waals surface area contributed by atoms with Crippen LogP contribution in [-0.4, -0.2) is 20.6 Å². The molecule has 7 heavy (non-hydrogen) atoms. The number of rotatable bonds is 0. The number of nitrogens with zero attached hydrogens (tertiary/aromatic N) is 3. The van der Waals surface area contributed by atoms with Gasteiger partial charge < -0.3 is 6.15 Å². The molecule has 1 aromatic heterocycles. The number of nitrogens with one attached hydrogen (secondary N) is 1. The summed E-state index contributed by atoms with van der Waals surface area (Å²) in [5.41, 5.74) is 0. The number of hydrogen-bond donors (Lipinski definition) is 2. The highest BCUT2D eigenvalue weighted by atomic mass is 35.5. The molecule has 0 saturated carbocycles. The first kappa shape index (κ1) is 9.58. The SMILES string of the molecule is Cl.N.c1nn[nH]n1. The molecule has 0 amide bonds. The number of H-pyrrole nitrogens is 1. The Labute approximate surface area is 46.5 Å². The van der Waals surface area contributed by atoms with Crippen molar-refractivity contribution in [2.75, 3.05) is 0 Å². The van der Waals surface area contributed by atoms with Gasteiger partial charge in [-0.05, 0) is 0 Å². The lowest BCUT2D eigenvalue weighted by molar-refractivity contribution is 0.881. The molecule has 5 nitrogen and oxygen atoms in total. The fraction of sp³-hybridized carbons (Fsp3) is 0. The lowest BCUT2D eigenvalue weighted by atomic mass is 11.4. The summed E-state index contributed by atoms with van der Waals surface area (Å²) in [5, 5.41) is 12.2. The molecule has 42 valence electrons. The van der Waals surface area contributed by atoms with E-state index in [0.717, 1.165) is 0 Å². The van der Waals surface area contributed by atoms with E-state index in [4.69, 9.17) is 0 Å². The molecule has 0 unspecified atom stereocenters. The number of aromatic nitrogens is 4. The Kier molecular flexibility index (Phi) is 7.28. The van der Waals surface area contributed by atoms with Crippen molar-refractivity contribution in [3.8, 4) is 0 Å². The maximum atomic E-state index is 3.38. The van der Waals surface area contributed by atoms with Gasteiger partial charge >= 0.3 is 0 Å². The smallest absolute Gasteiger partial charge is 0.161 e. The molecule has 0 bridgehead atoms. The van der Waals surface area contributed by atoms with Crippen LogP contribution in [0.3, 0.4) is 0 Å². The molecule has 1 aromatic rings. The zero-order valence-electron chi connectivity index (χ0n) is 3.53. The van der Waals surface area contributed by atoms with Crippen molar-refractivity contribution in [3.63, 3.8) is 0 Å². The van der Waals surface area contributed by atoms with Crippen molar-refractivity contribution in [1.82, 2.24) is 26.8 Å². The summed E-state index contributed by atoms with van der Waals surface area (Å²) in [6.45, 7) is 0. The van der Waals surface area contributed by atoms with Gasteiger partial charge in [0.1, 0.15) is 0 Å². The van der Waals surface area contributed by atoms with E-state index in [-0.39, 0.29) is 18.6 Å². The second-order valence-corrected chi connectivity index (χ2v) is 0.560.